The Hall–Kier alpha value is -1.42. The zero-order valence-corrected chi connectivity index (χ0v) is 18.7. The first kappa shape index (κ1) is 21.3. The molecule has 0 bridgehead atoms. The van der Waals surface area contributed by atoms with Crippen LogP contribution in [-0.4, -0.2) is 18.8 Å². The van der Waals surface area contributed by atoms with Crippen molar-refractivity contribution >= 4 is 23.2 Å². The van der Waals surface area contributed by atoms with Crippen molar-refractivity contribution in [2.45, 2.75) is 51.0 Å². The average Bonchev–Trinajstić information content (AvgIpc) is 2.58. The van der Waals surface area contributed by atoms with Crippen molar-refractivity contribution in [3.63, 3.8) is 0 Å². The summed E-state index contributed by atoms with van der Waals surface area (Å²) in [5.41, 5.74) is 1.31. The fraction of sp³-hybridized carbons (Fsp3) is 0.478. The highest BCUT2D eigenvalue weighted by molar-refractivity contribution is 6.50. The third-order valence-electron chi connectivity index (χ3n) is 4.67. The van der Waals surface area contributed by atoms with Crippen molar-refractivity contribution in [1.82, 2.24) is 0 Å². The molecule has 2 aromatic rings. The normalized spacial score (nSPS) is 15.4. The van der Waals surface area contributed by atoms with Crippen LogP contribution in [0.25, 0.3) is 0 Å². The number of rotatable bonds is 6. The smallest absolute Gasteiger partial charge is 0.175 e. The van der Waals surface area contributed by atoms with Crippen molar-refractivity contribution in [3.8, 4) is 17.2 Å². The van der Waals surface area contributed by atoms with Gasteiger partial charge in [0.15, 0.2) is 4.33 Å². The van der Waals surface area contributed by atoms with Gasteiger partial charge in [-0.15, -0.1) is 0 Å². The van der Waals surface area contributed by atoms with E-state index in [-0.39, 0.29) is 5.41 Å². The van der Waals surface area contributed by atoms with Gasteiger partial charge in [-0.3, -0.25) is 0 Å². The van der Waals surface area contributed by atoms with Gasteiger partial charge in [-0.25, -0.2) is 0 Å². The lowest BCUT2D eigenvalue weighted by molar-refractivity contribution is -0.0544. The lowest BCUT2D eigenvalue weighted by atomic mass is 9.93. The van der Waals surface area contributed by atoms with Crippen LogP contribution in [0.15, 0.2) is 42.5 Å². The van der Waals surface area contributed by atoms with Gasteiger partial charge in [-0.2, -0.15) is 0 Å². The number of fused-ring (bicyclic) bond motifs is 2. The molecule has 1 aliphatic heterocycles. The van der Waals surface area contributed by atoms with E-state index in [0.29, 0.717) is 36.0 Å². The molecule has 5 heteroatoms. The Bertz CT molecular complexity index is 838. The number of para-hydroxylation sites is 1. The van der Waals surface area contributed by atoms with Crippen LogP contribution in [0, 0.1) is 5.41 Å². The van der Waals surface area contributed by atoms with Gasteiger partial charge < -0.3 is 14.2 Å². The molecule has 0 unspecified atom stereocenters. The third-order valence-corrected chi connectivity index (χ3v) is 5.48. The van der Waals surface area contributed by atoms with Crippen LogP contribution in [0.1, 0.15) is 52.2 Å². The van der Waals surface area contributed by atoms with Gasteiger partial charge >= 0.3 is 0 Å². The third kappa shape index (κ3) is 4.94. The predicted molar refractivity (Wildman–Crippen MR) is 115 cm³/mol. The first-order valence-electron chi connectivity index (χ1n) is 9.54. The first-order chi connectivity index (χ1) is 13.0. The Balaban J connectivity index is 1.68. The summed E-state index contributed by atoms with van der Waals surface area (Å²) in [6.07, 6.45) is 0.996. The minimum absolute atomic E-state index is 0.249. The maximum atomic E-state index is 6.65. The van der Waals surface area contributed by atoms with Crippen LogP contribution in [-0.2, 0) is 9.07 Å². The fourth-order valence-electron chi connectivity index (χ4n) is 2.95. The molecule has 0 amide bonds. The highest BCUT2D eigenvalue weighted by Gasteiger charge is 2.39. The van der Waals surface area contributed by atoms with Gasteiger partial charge in [0, 0.05) is 23.8 Å². The summed E-state index contributed by atoms with van der Waals surface area (Å²) in [7, 11) is 0. The Kier molecular flexibility index (Phi) is 5.91. The molecule has 0 N–H and O–H groups in total. The number of ether oxygens (including phenoxy) is 3. The Labute approximate surface area is 177 Å². The van der Waals surface area contributed by atoms with Crippen LogP contribution in [0.2, 0.25) is 0 Å². The van der Waals surface area contributed by atoms with Crippen molar-refractivity contribution in [2.75, 3.05) is 13.2 Å². The fourth-order valence-corrected chi connectivity index (χ4v) is 3.57. The second kappa shape index (κ2) is 7.78. The summed E-state index contributed by atoms with van der Waals surface area (Å²) in [5, 5.41) is 0. The number of halogens is 2. The van der Waals surface area contributed by atoms with Gasteiger partial charge in [0.25, 0.3) is 0 Å². The van der Waals surface area contributed by atoms with E-state index in [1.807, 2.05) is 56.3 Å². The van der Waals surface area contributed by atoms with Crippen LogP contribution in [0.4, 0.5) is 0 Å². The van der Waals surface area contributed by atoms with Crippen molar-refractivity contribution in [1.29, 1.82) is 0 Å². The molecule has 0 spiro atoms. The zero-order valence-electron chi connectivity index (χ0n) is 17.1. The van der Waals surface area contributed by atoms with Gasteiger partial charge in [-0.1, -0.05) is 62.2 Å². The molecule has 2 aromatic carbocycles. The van der Waals surface area contributed by atoms with E-state index in [2.05, 4.69) is 20.8 Å². The quantitative estimate of drug-likeness (QED) is 0.465. The van der Waals surface area contributed by atoms with Crippen LogP contribution >= 0.6 is 23.2 Å². The summed E-state index contributed by atoms with van der Waals surface area (Å²) in [6.45, 7) is 11.8. The van der Waals surface area contributed by atoms with Crippen LogP contribution in [0.3, 0.4) is 0 Å². The molecule has 152 valence electrons. The Morgan fingerprint density at radius 2 is 1.61 bits per heavy atom. The van der Waals surface area contributed by atoms with E-state index in [1.54, 1.807) is 0 Å². The summed E-state index contributed by atoms with van der Waals surface area (Å²) in [4.78, 5) is 0. The van der Waals surface area contributed by atoms with Crippen LogP contribution in [0.5, 0.6) is 17.2 Å². The minimum atomic E-state index is -1.15. The Morgan fingerprint density at radius 3 is 2.32 bits per heavy atom. The standard InChI is InChI=1S/C23H28Cl2O3/c1-21(2,3)12-13-27-22(4,5)15-26-16-10-11-18-20(14-16)28-19-9-7-6-8-17(19)23(18,24)25/h6-11,14H,12-13,15H2,1-5H3. The number of alkyl halides is 2. The first-order valence-corrected chi connectivity index (χ1v) is 10.3. The molecule has 0 aromatic heterocycles. The van der Waals surface area contributed by atoms with E-state index in [4.69, 9.17) is 37.4 Å². The van der Waals surface area contributed by atoms with E-state index in [9.17, 15) is 0 Å². The van der Waals surface area contributed by atoms with Crippen molar-refractivity contribution in [2.24, 2.45) is 5.41 Å². The van der Waals surface area contributed by atoms with Gasteiger partial charge in [0.1, 0.15) is 23.9 Å². The lowest BCUT2D eigenvalue weighted by Crippen LogP contribution is -2.33. The highest BCUT2D eigenvalue weighted by atomic mass is 35.5. The minimum Gasteiger partial charge on any atom is -0.490 e. The Morgan fingerprint density at radius 1 is 0.929 bits per heavy atom. The van der Waals surface area contributed by atoms with Crippen molar-refractivity contribution in [3.05, 3.63) is 53.6 Å². The molecule has 0 aliphatic carbocycles. The average molecular weight is 423 g/mol. The molecule has 0 saturated carbocycles. The second-order valence-corrected chi connectivity index (χ2v) is 10.4. The summed E-state index contributed by atoms with van der Waals surface area (Å²) in [5.74, 6) is 1.95. The molecule has 0 radical (unpaired) electrons. The van der Waals surface area contributed by atoms with E-state index in [1.165, 1.54) is 0 Å². The maximum Gasteiger partial charge on any atom is 0.175 e. The molecule has 0 atom stereocenters. The molecule has 1 aliphatic rings. The molecule has 1 heterocycles. The van der Waals surface area contributed by atoms with E-state index in [0.717, 1.165) is 12.0 Å². The number of hydrogen-bond acceptors (Lipinski definition) is 3. The van der Waals surface area contributed by atoms with Gasteiger partial charge in [0.05, 0.1) is 5.60 Å². The van der Waals surface area contributed by atoms with Gasteiger partial charge in [0.2, 0.25) is 0 Å². The number of benzene rings is 2. The predicted octanol–water partition coefficient (Wildman–Crippen LogP) is 7.08. The molecule has 28 heavy (non-hydrogen) atoms. The van der Waals surface area contributed by atoms with E-state index >= 15 is 0 Å². The molecule has 0 fully saturated rings. The summed E-state index contributed by atoms with van der Waals surface area (Å²) < 4.78 is 16.9. The molecule has 0 saturated heterocycles. The zero-order chi connectivity index (χ0) is 20.6. The summed E-state index contributed by atoms with van der Waals surface area (Å²) >= 11 is 13.3. The molecule has 3 rings (SSSR count). The van der Waals surface area contributed by atoms with Crippen molar-refractivity contribution < 1.29 is 14.2 Å². The highest BCUT2D eigenvalue weighted by Crippen LogP contribution is 2.53. The SMILES string of the molecule is CC(C)(C)CCOC(C)(C)COc1ccc2c(c1)Oc1ccccc1C2(Cl)Cl. The lowest BCUT2D eigenvalue weighted by Gasteiger charge is -2.31. The molecular formula is C23H28Cl2O3. The molecular weight excluding hydrogens is 395 g/mol. The monoisotopic (exact) mass is 422 g/mol. The van der Waals surface area contributed by atoms with E-state index < -0.39 is 9.93 Å². The van der Waals surface area contributed by atoms with Crippen LogP contribution < -0.4 is 9.47 Å². The summed E-state index contributed by atoms with van der Waals surface area (Å²) in [6, 6.07) is 13.1. The second-order valence-electron chi connectivity index (χ2n) is 9.04. The van der Waals surface area contributed by atoms with Gasteiger partial charge in [-0.05, 0) is 43.9 Å². The molecule has 3 nitrogen and oxygen atoms in total. The number of hydrogen-bond donors (Lipinski definition) is 0. The topological polar surface area (TPSA) is 27.7 Å². The maximum absolute atomic E-state index is 6.65. The largest absolute Gasteiger partial charge is 0.490 e.